The maximum atomic E-state index is 11.2. The van der Waals surface area contributed by atoms with Gasteiger partial charge in [0.05, 0.1) is 6.33 Å². The van der Waals surface area contributed by atoms with E-state index in [1.165, 1.54) is 6.33 Å². The fourth-order valence-electron chi connectivity index (χ4n) is 1.16. The number of nitrogens with zero attached hydrogens (tertiary/aromatic N) is 3. The summed E-state index contributed by atoms with van der Waals surface area (Å²) in [6.07, 6.45) is 0.716. The number of nitrogens with one attached hydrogen (secondary N) is 2. The summed E-state index contributed by atoms with van der Waals surface area (Å²) >= 11 is 5.80. The molecular weight excluding hydrogens is 250 g/mol. The van der Waals surface area contributed by atoms with Crippen molar-refractivity contribution in [3.63, 3.8) is 0 Å². The summed E-state index contributed by atoms with van der Waals surface area (Å²) in [5, 5.41) is 10.7. The number of carboxylic acids is 1. The molecule has 0 radical (unpaired) electrons. The van der Waals surface area contributed by atoms with E-state index < -0.39 is 18.3 Å². The molecule has 0 aliphatic rings. The third-order valence-electron chi connectivity index (χ3n) is 1.80. The Bertz CT molecular complexity index is 596. The summed E-state index contributed by atoms with van der Waals surface area (Å²) in [4.78, 5) is 35.7. The van der Waals surface area contributed by atoms with Gasteiger partial charge in [0, 0.05) is 0 Å². The van der Waals surface area contributed by atoms with Crippen LogP contribution in [0.3, 0.4) is 0 Å². The highest BCUT2D eigenvalue weighted by Gasteiger charge is 2.12. The van der Waals surface area contributed by atoms with Crippen molar-refractivity contribution in [3.05, 3.63) is 11.5 Å². The number of aromatic nitrogens is 4. The predicted octanol–water partition coefficient (Wildman–Crippen LogP) is 0.420. The lowest BCUT2D eigenvalue weighted by Crippen LogP contribution is -2.17. The average Bonchev–Trinajstić information content (AvgIpc) is 2.64. The molecule has 0 aromatic carbocycles. The second kappa shape index (κ2) is 4.34. The molecule has 88 valence electrons. The monoisotopic (exact) mass is 255 g/mol. The number of halogens is 1. The van der Waals surface area contributed by atoms with E-state index in [4.69, 9.17) is 16.7 Å². The Kier molecular flexibility index (Phi) is 2.88. The Morgan fingerprint density at radius 1 is 1.47 bits per heavy atom. The van der Waals surface area contributed by atoms with Crippen LogP contribution in [0.2, 0.25) is 5.15 Å². The lowest BCUT2D eigenvalue weighted by atomic mass is 10.4. The number of imidazole rings is 1. The number of hydrogen-bond donors (Lipinski definition) is 3. The van der Waals surface area contributed by atoms with Crippen molar-refractivity contribution in [1.29, 1.82) is 0 Å². The third-order valence-corrected chi connectivity index (χ3v) is 2.08. The van der Waals surface area contributed by atoms with E-state index >= 15 is 0 Å². The SMILES string of the molecule is O=C(O)CC(=O)Nc1nc(Cl)c2[nH]cnc2n1. The van der Waals surface area contributed by atoms with Gasteiger partial charge in [0.25, 0.3) is 0 Å². The summed E-state index contributed by atoms with van der Waals surface area (Å²) in [6, 6.07) is 0. The largest absolute Gasteiger partial charge is 0.481 e. The van der Waals surface area contributed by atoms with Gasteiger partial charge >= 0.3 is 5.97 Å². The van der Waals surface area contributed by atoms with Gasteiger partial charge in [0.1, 0.15) is 11.9 Å². The molecule has 0 aliphatic heterocycles. The van der Waals surface area contributed by atoms with E-state index in [9.17, 15) is 9.59 Å². The molecule has 0 saturated heterocycles. The minimum absolute atomic E-state index is 0.0825. The van der Waals surface area contributed by atoms with Gasteiger partial charge in [0.15, 0.2) is 10.8 Å². The van der Waals surface area contributed by atoms with Crippen LogP contribution < -0.4 is 5.32 Å². The van der Waals surface area contributed by atoms with E-state index in [1.54, 1.807) is 0 Å². The first-order chi connectivity index (χ1) is 8.06. The normalized spacial score (nSPS) is 10.4. The molecule has 2 aromatic rings. The van der Waals surface area contributed by atoms with E-state index in [-0.39, 0.29) is 16.7 Å². The first-order valence-electron chi connectivity index (χ1n) is 4.44. The molecule has 2 rings (SSSR count). The number of carbonyl (C=O) groups is 2. The topological polar surface area (TPSA) is 121 Å². The van der Waals surface area contributed by atoms with Gasteiger partial charge in [0.2, 0.25) is 11.9 Å². The van der Waals surface area contributed by atoms with Crippen LogP contribution in [-0.4, -0.2) is 36.9 Å². The second-order valence-corrected chi connectivity index (χ2v) is 3.42. The number of carbonyl (C=O) groups excluding carboxylic acids is 1. The molecule has 9 heteroatoms. The number of amides is 1. The number of aliphatic carboxylic acids is 1. The molecule has 0 saturated carbocycles. The average molecular weight is 256 g/mol. The lowest BCUT2D eigenvalue weighted by Gasteiger charge is -2.01. The van der Waals surface area contributed by atoms with Crippen molar-refractivity contribution in [2.75, 3.05) is 5.32 Å². The number of rotatable bonds is 3. The molecule has 1 amide bonds. The third kappa shape index (κ3) is 2.48. The second-order valence-electron chi connectivity index (χ2n) is 3.06. The quantitative estimate of drug-likeness (QED) is 0.540. The maximum Gasteiger partial charge on any atom is 0.312 e. The van der Waals surface area contributed by atoms with Gasteiger partial charge in [-0.1, -0.05) is 11.6 Å². The minimum Gasteiger partial charge on any atom is -0.481 e. The lowest BCUT2D eigenvalue weighted by molar-refractivity contribution is -0.139. The van der Waals surface area contributed by atoms with Gasteiger partial charge < -0.3 is 10.1 Å². The molecule has 0 fully saturated rings. The standard InChI is InChI=1S/C8H6ClN5O3/c9-6-5-7(11-2-10-5)14-8(13-6)12-3(15)1-4(16)17/h2H,1H2,(H,16,17)(H2,10,11,12,13,14,15). The van der Waals surface area contributed by atoms with Crippen molar-refractivity contribution < 1.29 is 14.7 Å². The van der Waals surface area contributed by atoms with Gasteiger partial charge in [-0.25, -0.2) is 4.98 Å². The van der Waals surface area contributed by atoms with E-state index in [2.05, 4.69) is 25.3 Å². The first kappa shape index (κ1) is 11.3. The predicted molar refractivity (Wildman–Crippen MR) is 57.6 cm³/mol. The van der Waals surface area contributed by atoms with Gasteiger partial charge in [-0.05, 0) is 0 Å². The summed E-state index contributed by atoms with van der Waals surface area (Å²) in [5.41, 5.74) is 0.735. The maximum absolute atomic E-state index is 11.2. The number of aromatic amines is 1. The fourth-order valence-corrected chi connectivity index (χ4v) is 1.38. The molecule has 0 unspecified atom stereocenters. The van der Waals surface area contributed by atoms with Crippen LogP contribution in [0.4, 0.5) is 5.95 Å². The smallest absolute Gasteiger partial charge is 0.312 e. The molecular formula is C8H6ClN5O3. The zero-order chi connectivity index (χ0) is 12.4. The molecule has 0 aliphatic carbocycles. The van der Waals surface area contributed by atoms with Crippen molar-refractivity contribution in [2.45, 2.75) is 6.42 Å². The number of fused-ring (bicyclic) bond motifs is 1. The van der Waals surface area contributed by atoms with Crippen LogP contribution in [0, 0.1) is 0 Å². The highest BCUT2D eigenvalue weighted by atomic mass is 35.5. The molecule has 17 heavy (non-hydrogen) atoms. The highest BCUT2D eigenvalue weighted by Crippen LogP contribution is 2.18. The highest BCUT2D eigenvalue weighted by molar-refractivity contribution is 6.33. The molecule has 3 N–H and O–H groups in total. The van der Waals surface area contributed by atoms with Crippen molar-refractivity contribution in [2.24, 2.45) is 0 Å². The summed E-state index contributed by atoms with van der Waals surface area (Å²) < 4.78 is 0. The molecule has 8 nitrogen and oxygen atoms in total. The molecule has 2 heterocycles. The molecule has 0 spiro atoms. The number of anilines is 1. The number of carboxylic acid groups (broad SMARTS) is 1. The Morgan fingerprint density at radius 3 is 2.94 bits per heavy atom. The molecule has 2 aromatic heterocycles. The van der Waals surface area contributed by atoms with E-state index in [0.717, 1.165) is 0 Å². The van der Waals surface area contributed by atoms with Crippen molar-refractivity contribution in [1.82, 2.24) is 19.9 Å². The Balaban J connectivity index is 2.24. The number of hydrogen-bond acceptors (Lipinski definition) is 5. The van der Waals surface area contributed by atoms with Crippen molar-refractivity contribution in [3.8, 4) is 0 Å². The van der Waals surface area contributed by atoms with Gasteiger partial charge in [-0.3, -0.25) is 14.9 Å². The number of H-pyrrole nitrogens is 1. The van der Waals surface area contributed by atoms with Gasteiger partial charge in [-0.15, -0.1) is 0 Å². The molecule has 0 bridgehead atoms. The van der Waals surface area contributed by atoms with Crippen molar-refractivity contribution >= 4 is 40.6 Å². The van der Waals surface area contributed by atoms with Crippen LogP contribution in [0.25, 0.3) is 11.2 Å². The summed E-state index contributed by atoms with van der Waals surface area (Å²) in [5.74, 6) is -2.06. The Hall–Kier alpha value is -2.22. The zero-order valence-electron chi connectivity index (χ0n) is 8.27. The Labute approximate surface area is 99.0 Å². The van der Waals surface area contributed by atoms with Crippen LogP contribution in [0.1, 0.15) is 6.42 Å². The van der Waals surface area contributed by atoms with E-state index in [0.29, 0.717) is 5.52 Å². The van der Waals surface area contributed by atoms with Crippen LogP contribution in [-0.2, 0) is 9.59 Å². The summed E-state index contributed by atoms with van der Waals surface area (Å²) in [7, 11) is 0. The van der Waals surface area contributed by atoms with Crippen LogP contribution >= 0.6 is 11.6 Å². The van der Waals surface area contributed by atoms with Crippen LogP contribution in [0.5, 0.6) is 0 Å². The summed E-state index contributed by atoms with van der Waals surface area (Å²) in [6.45, 7) is 0. The first-order valence-corrected chi connectivity index (χ1v) is 4.82. The van der Waals surface area contributed by atoms with Crippen LogP contribution in [0.15, 0.2) is 6.33 Å². The Morgan fingerprint density at radius 2 is 2.24 bits per heavy atom. The van der Waals surface area contributed by atoms with E-state index in [1.807, 2.05) is 0 Å². The van der Waals surface area contributed by atoms with Gasteiger partial charge in [-0.2, -0.15) is 9.97 Å². The fraction of sp³-hybridized carbons (Fsp3) is 0.125. The zero-order valence-corrected chi connectivity index (χ0v) is 9.02. The minimum atomic E-state index is -1.24. The molecule has 0 atom stereocenters.